The van der Waals surface area contributed by atoms with E-state index in [0.717, 1.165) is 11.3 Å². The van der Waals surface area contributed by atoms with Gasteiger partial charge in [0.15, 0.2) is 5.78 Å². The van der Waals surface area contributed by atoms with Crippen LogP contribution in [0.2, 0.25) is 0 Å². The number of hydrogen-bond donors (Lipinski definition) is 1. The molecular weight excluding hydrogens is 430 g/mol. The summed E-state index contributed by atoms with van der Waals surface area (Å²) in [7, 11) is 0. The number of carbonyl (C=O) groups excluding carboxylic acids is 1. The molecule has 0 saturated carbocycles. The molecule has 2 aromatic heterocycles. The lowest BCUT2D eigenvalue weighted by Gasteiger charge is -2.37. The lowest BCUT2D eigenvalue weighted by atomic mass is 9.73. The van der Waals surface area contributed by atoms with Crippen LogP contribution >= 0.6 is 11.8 Å². The fraction of sp³-hybridized carbons (Fsp3) is 0.318. The van der Waals surface area contributed by atoms with Crippen LogP contribution in [0.1, 0.15) is 44.1 Å². The van der Waals surface area contributed by atoms with Gasteiger partial charge >= 0.3 is 5.88 Å². The molecule has 0 amide bonds. The topological polar surface area (TPSA) is 116 Å². The van der Waals surface area contributed by atoms with Crippen molar-refractivity contribution >= 4 is 29.4 Å². The van der Waals surface area contributed by atoms with Crippen LogP contribution in [0, 0.1) is 15.5 Å². The van der Waals surface area contributed by atoms with Crippen molar-refractivity contribution in [3.05, 3.63) is 75.2 Å². The summed E-state index contributed by atoms with van der Waals surface area (Å²) in [4.78, 5) is 28.4. The number of anilines is 1. The van der Waals surface area contributed by atoms with Gasteiger partial charge in [-0.2, -0.15) is 4.98 Å². The molecule has 164 valence electrons. The molecule has 32 heavy (non-hydrogen) atoms. The number of fused-ring (bicyclic) bond motifs is 1. The summed E-state index contributed by atoms with van der Waals surface area (Å²) in [6.45, 7) is 4.09. The molecule has 5 rings (SSSR count). The number of aromatic nitrogens is 3. The molecule has 1 aromatic carbocycles. The zero-order valence-corrected chi connectivity index (χ0v) is 18.4. The minimum absolute atomic E-state index is 0.0209. The normalized spacial score (nSPS) is 19.3. The highest BCUT2D eigenvalue weighted by molar-refractivity contribution is 7.98. The van der Waals surface area contributed by atoms with E-state index in [1.54, 1.807) is 4.68 Å². The maximum absolute atomic E-state index is 13.2. The second-order valence-electron chi connectivity index (χ2n) is 8.73. The van der Waals surface area contributed by atoms with Gasteiger partial charge in [-0.15, -0.1) is 5.10 Å². The number of rotatable bonds is 5. The monoisotopic (exact) mass is 451 g/mol. The van der Waals surface area contributed by atoms with Gasteiger partial charge in [-0.25, -0.2) is 4.68 Å². The van der Waals surface area contributed by atoms with Gasteiger partial charge in [0.25, 0.3) is 0 Å². The van der Waals surface area contributed by atoms with Gasteiger partial charge in [0.1, 0.15) is 16.7 Å². The van der Waals surface area contributed by atoms with Crippen molar-refractivity contribution in [2.45, 2.75) is 43.6 Å². The lowest BCUT2D eigenvalue weighted by molar-refractivity contribution is -0.402. The van der Waals surface area contributed by atoms with E-state index in [-0.39, 0.29) is 17.1 Å². The highest BCUT2D eigenvalue weighted by atomic mass is 32.2. The maximum Gasteiger partial charge on any atom is 0.433 e. The minimum atomic E-state index is -0.697. The van der Waals surface area contributed by atoms with Crippen molar-refractivity contribution in [1.29, 1.82) is 0 Å². The van der Waals surface area contributed by atoms with Crippen molar-refractivity contribution in [2.75, 3.05) is 5.32 Å². The van der Waals surface area contributed by atoms with Crippen molar-refractivity contribution < 1.29 is 14.1 Å². The third-order valence-corrected chi connectivity index (χ3v) is 6.49. The molecule has 1 N–H and O–H groups in total. The summed E-state index contributed by atoms with van der Waals surface area (Å²) in [6.07, 6.45) is 1.04. The Morgan fingerprint density at radius 2 is 2.03 bits per heavy atom. The van der Waals surface area contributed by atoms with Crippen LogP contribution in [0.25, 0.3) is 0 Å². The van der Waals surface area contributed by atoms with Crippen LogP contribution in [0.5, 0.6) is 0 Å². The maximum atomic E-state index is 13.2. The van der Waals surface area contributed by atoms with Gasteiger partial charge in [0, 0.05) is 23.4 Å². The molecule has 2 aliphatic rings. The third-order valence-electron chi connectivity index (χ3n) is 5.59. The van der Waals surface area contributed by atoms with Gasteiger partial charge in [-0.3, -0.25) is 14.9 Å². The van der Waals surface area contributed by atoms with Crippen LogP contribution < -0.4 is 5.32 Å². The summed E-state index contributed by atoms with van der Waals surface area (Å²) in [5.74, 6) is 1.09. The Hall–Kier alpha value is -3.40. The predicted molar refractivity (Wildman–Crippen MR) is 118 cm³/mol. The summed E-state index contributed by atoms with van der Waals surface area (Å²) in [5, 5.41) is 19.7. The first-order valence-electron chi connectivity index (χ1n) is 10.2. The first kappa shape index (κ1) is 20.5. The van der Waals surface area contributed by atoms with E-state index in [2.05, 4.69) is 15.4 Å². The Morgan fingerprint density at radius 3 is 2.75 bits per heavy atom. The smallest absolute Gasteiger partial charge is 0.403 e. The Bertz CT molecular complexity index is 1240. The molecule has 9 nitrogen and oxygen atoms in total. The van der Waals surface area contributed by atoms with Gasteiger partial charge in [0.2, 0.25) is 11.1 Å². The van der Waals surface area contributed by atoms with Crippen molar-refractivity contribution in [3.63, 3.8) is 0 Å². The van der Waals surface area contributed by atoms with Crippen LogP contribution in [0.3, 0.4) is 0 Å². The van der Waals surface area contributed by atoms with Crippen LogP contribution in [0.4, 0.5) is 11.8 Å². The van der Waals surface area contributed by atoms with E-state index in [4.69, 9.17) is 4.42 Å². The number of hydrogen-bond acceptors (Lipinski definition) is 8. The van der Waals surface area contributed by atoms with E-state index in [1.165, 1.54) is 23.9 Å². The number of furan rings is 1. The molecule has 0 bridgehead atoms. The van der Waals surface area contributed by atoms with Gasteiger partial charge < -0.3 is 9.73 Å². The van der Waals surface area contributed by atoms with Crippen LogP contribution in [-0.4, -0.2) is 25.5 Å². The van der Waals surface area contributed by atoms with Crippen molar-refractivity contribution in [2.24, 2.45) is 5.41 Å². The molecule has 1 aliphatic carbocycles. The molecule has 0 fully saturated rings. The molecular formula is C22H21N5O4S. The molecule has 0 spiro atoms. The highest BCUT2D eigenvalue weighted by Crippen LogP contribution is 2.46. The number of nitrogens with zero attached hydrogens (tertiary/aromatic N) is 4. The van der Waals surface area contributed by atoms with E-state index < -0.39 is 11.0 Å². The number of benzene rings is 1. The Morgan fingerprint density at radius 1 is 1.25 bits per heavy atom. The second kappa shape index (κ2) is 7.63. The number of allylic oxidation sites excluding steroid dienone is 2. The number of nitrogens with one attached hydrogen (secondary N) is 1. The van der Waals surface area contributed by atoms with Gasteiger partial charge in [0.05, 0.1) is 6.07 Å². The largest absolute Gasteiger partial charge is 0.433 e. The van der Waals surface area contributed by atoms with Crippen molar-refractivity contribution in [1.82, 2.24) is 14.8 Å². The van der Waals surface area contributed by atoms with Crippen molar-refractivity contribution in [3.8, 4) is 0 Å². The van der Waals surface area contributed by atoms with Gasteiger partial charge in [-0.05, 0) is 23.5 Å². The molecule has 1 atom stereocenters. The first-order valence-corrected chi connectivity index (χ1v) is 11.2. The Balaban J connectivity index is 1.54. The number of Topliss-reactive ketones (excluding diaryl/α,β-unsaturated/α-hetero) is 1. The Labute approximate surface area is 188 Å². The summed E-state index contributed by atoms with van der Waals surface area (Å²) in [5.41, 5.74) is 2.25. The summed E-state index contributed by atoms with van der Waals surface area (Å²) < 4.78 is 7.12. The first-order chi connectivity index (χ1) is 15.3. The Kier molecular flexibility index (Phi) is 4.89. The van der Waals surface area contributed by atoms with E-state index in [9.17, 15) is 14.9 Å². The van der Waals surface area contributed by atoms with Crippen LogP contribution in [0.15, 0.2) is 63.3 Å². The van der Waals surface area contributed by atoms with E-state index in [1.807, 2.05) is 44.2 Å². The predicted octanol–water partition coefficient (Wildman–Crippen LogP) is 4.73. The number of nitro groups is 1. The quantitative estimate of drug-likeness (QED) is 0.336. The molecule has 1 aliphatic heterocycles. The zero-order chi connectivity index (χ0) is 22.5. The fourth-order valence-corrected chi connectivity index (χ4v) is 5.01. The molecule has 0 saturated heterocycles. The average Bonchev–Trinajstić information content (AvgIpc) is 3.38. The highest BCUT2D eigenvalue weighted by Gasteiger charge is 2.43. The molecule has 10 heteroatoms. The molecule has 1 unspecified atom stereocenters. The second-order valence-corrected chi connectivity index (χ2v) is 9.67. The summed E-state index contributed by atoms with van der Waals surface area (Å²) >= 11 is 1.48. The third kappa shape index (κ3) is 3.70. The van der Waals surface area contributed by atoms with E-state index >= 15 is 0 Å². The molecule has 0 radical (unpaired) electrons. The average molecular weight is 452 g/mol. The number of thioether (sulfide) groups is 1. The molecule has 3 heterocycles. The fourth-order valence-electron chi connectivity index (χ4n) is 4.22. The van der Waals surface area contributed by atoms with Gasteiger partial charge in [-0.1, -0.05) is 55.9 Å². The SMILES string of the molecule is CC1(C)CC(=O)C2=C(C1)Nc1nc(SCc3ccccc3)nn1C2c1ccc([N+](=O)[O-])o1. The minimum Gasteiger partial charge on any atom is -0.403 e. The zero-order valence-electron chi connectivity index (χ0n) is 17.6. The van der Waals surface area contributed by atoms with E-state index in [0.29, 0.717) is 41.0 Å². The molecule has 3 aromatic rings. The summed E-state index contributed by atoms with van der Waals surface area (Å²) in [6, 6.07) is 12.1. The number of ketones is 1. The van der Waals surface area contributed by atoms with Crippen LogP contribution in [-0.2, 0) is 10.5 Å². The lowest BCUT2D eigenvalue weighted by Crippen LogP contribution is -2.36. The standard InChI is InChI=1S/C22H21N5O4S/c1-22(2)10-14-18(15(28)11-22)19(16-8-9-17(31-16)27(29)30)26-20(23-14)24-21(25-26)32-12-13-6-4-3-5-7-13/h3-9,19H,10-12H2,1-2H3,(H,23,24,25). The number of carbonyl (C=O) groups is 1.